The molecule has 0 fully saturated rings. The van der Waals surface area contributed by atoms with Crippen LogP contribution in [0.4, 0.5) is 0 Å². The average Bonchev–Trinajstić information content (AvgIpc) is 2.36. The smallest absolute Gasteiger partial charge is 0.259 e. The molecule has 0 saturated carbocycles. The minimum absolute atomic E-state index is 0.0509. The molecule has 0 heterocycles. The molecular weight excluding hydrogens is 308 g/mol. The highest BCUT2D eigenvalue weighted by atomic mass is 79.9. The molecule has 1 unspecified atom stereocenters. The quantitative estimate of drug-likeness (QED) is 0.872. The summed E-state index contributed by atoms with van der Waals surface area (Å²) >= 11 is 3.42. The number of hydrogen-bond acceptors (Lipinski definition) is 3. The van der Waals surface area contributed by atoms with E-state index in [9.17, 15) is 4.79 Å². The molecule has 1 atom stereocenters. The predicted octanol–water partition coefficient (Wildman–Crippen LogP) is 2.59. The number of ether oxygens (including phenoxy) is 1. The molecule has 1 aromatic rings. The molecule has 1 N–H and O–H groups in total. The minimum Gasteiger partial charge on any atom is -0.483 e. The number of amides is 1. The van der Waals surface area contributed by atoms with Crippen LogP contribution in [-0.4, -0.2) is 38.1 Å². The Balaban J connectivity index is 2.85. The summed E-state index contributed by atoms with van der Waals surface area (Å²) < 4.78 is 6.58. The van der Waals surface area contributed by atoms with Crippen LogP contribution in [-0.2, 0) is 4.79 Å². The first kappa shape index (κ1) is 16.0. The molecule has 0 aliphatic carbocycles. The van der Waals surface area contributed by atoms with E-state index in [1.165, 1.54) is 4.90 Å². The van der Waals surface area contributed by atoms with Crippen molar-refractivity contribution in [3.8, 4) is 5.75 Å². The second-order valence-corrected chi connectivity index (χ2v) is 5.45. The summed E-state index contributed by atoms with van der Waals surface area (Å²) in [5.74, 6) is 0.681. The molecule has 1 rings (SSSR count). The number of rotatable bonds is 6. The van der Waals surface area contributed by atoms with Crippen molar-refractivity contribution in [3.63, 3.8) is 0 Å². The van der Waals surface area contributed by atoms with Crippen LogP contribution in [0.25, 0.3) is 0 Å². The van der Waals surface area contributed by atoms with Crippen LogP contribution in [0.15, 0.2) is 22.7 Å². The lowest BCUT2D eigenvalue weighted by molar-refractivity contribution is -0.130. The highest BCUT2D eigenvalue weighted by Crippen LogP contribution is 2.28. The van der Waals surface area contributed by atoms with E-state index < -0.39 is 0 Å². The van der Waals surface area contributed by atoms with Gasteiger partial charge in [0.15, 0.2) is 6.61 Å². The molecule has 0 aromatic heterocycles. The lowest BCUT2D eigenvalue weighted by atomic mass is 10.1. The van der Waals surface area contributed by atoms with E-state index in [-0.39, 0.29) is 18.6 Å². The number of carbonyl (C=O) groups excluding carboxylic acids is 1. The van der Waals surface area contributed by atoms with Crippen molar-refractivity contribution in [1.29, 1.82) is 0 Å². The van der Waals surface area contributed by atoms with Crippen molar-refractivity contribution in [2.75, 3.05) is 27.2 Å². The SMILES string of the molecule is CCNC(C)c1ccc(Br)cc1OCC(=O)N(C)C. The maximum atomic E-state index is 11.6. The van der Waals surface area contributed by atoms with Crippen LogP contribution in [0.1, 0.15) is 25.5 Å². The van der Waals surface area contributed by atoms with Crippen molar-refractivity contribution in [2.24, 2.45) is 0 Å². The van der Waals surface area contributed by atoms with Gasteiger partial charge in [-0.05, 0) is 25.6 Å². The van der Waals surface area contributed by atoms with Gasteiger partial charge >= 0.3 is 0 Å². The van der Waals surface area contributed by atoms with Crippen molar-refractivity contribution in [2.45, 2.75) is 19.9 Å². The molecule has 0 radical (unpaired) electrons. The first-order valence-electron chi connectivity index (χ1n) is 6.31. The fraction of sp³-hybridized carbons (Fsp3) is 0.500. The molecule has 0 bridgehead atoms. The van der Waals surface area contributed by atoms with Gasteiger partial charge in [0, 0.05) is 30.2 Å². The van der Waals surface area contributed by atoms with Crippen LogP contribution >= 0.6 is 15.9 Å². The van der Waals surface area contributed by atoms with E-state index in [4.69, 9.17) is 4.74 Å². The molecule has 19 heavy (non-hydrogen) atoms. The van der Waals surface area contributed by atoms with Crippen LogP contribution in [0.5, 0.6) is 5.75 Å². The van der Waals surface area contributed by atoms with Gasteiger partial charge in [0.05, 0.1) is 0 Å². The first-order chi connectivity index (χ1) is 8.95. The third-order valence-electron chi connectivity index (χ3n) is 2.80. The molecule has 0 saturated heterocycles. The summed E-state index contributed by atoms with van der Waals surface area (Å²) in [5, 5.41) is 3.34. The van der Waals surface area contributed by atoms with Crippen LogP contribution in [0, 0.1) is 0 Å². The van der Waals surface area contributed by atoms with Gasteiger partial charge in [-0.3, -0.25) is 4.79 Å². The second kappa shape index (κ2) is 7.50. The summed E-state index contributed by atoms with van der Waals surface area (Å²) in [5.41, 5.74) is 1.05. The van der Waals surface area contributed by atoms with Crippen LogP contribution in [0.2, 0.25) is 0 Å². The summed E-state index contributed by atoms with van der Waals surface area (Å²) in [6, 6.07) is 6.06. The third kappa shape index (κ3) is 4.84. The third-order valence-corrected chi connectivity index (χ3v) is 3.30. The van der Waals surface area contributed by atoms with Gasteiger partial charge in [0.2, 0.25) is 0 Å². The lowest BCUT2D eigenvalue weighted by Gasteiger charge is -2.18. The number of likely N-dealkylation sites (N-methyl/N-ethyl adjacent to an activating group) is 1. The Hall–Kier alpha value is -1.07. The van der Waals surface area contributed by atoms with E-state index in [1.54, 1.807) is 14.1 Å². The topological polar surface area (TPSA) is 41.6 Å². The zero-order valence-corrected chi connectivity index (χ0v) is 13.5. The lowest BCUT2D eigenvalue weighted by Crippen LogP contribution is -2.28. The van der Waals surface area contributed by atoms with Crippen LogP contribution in [0.3, 0.4) is 0 Å². The molecule has 0 aliphatic heterocycles. The normalized spacial score (nSPS) is 12.1. The highest BCUT2D eigenvalue weighted by Gasteiger charge is 2.13. The monoisotopic (exact) mass is 328 g/mol. The van der Waals surface area contributed by atoms with Crippen molar-refractivity contribution >= 4 is 21.8 Å². The van der Waals surface area contributed by atoms with Crippen molar-refractivity contribution in [3.05, 3.63) is 28.2 Å². The largest absolute Gasteiger partial charge is 0.483 e. The van der Waals surface area contributed by atoms with E-state index in [0.717, 1.165) is 22.3 Å². The van der Waals surface area contributed by atoms with Gasteiger partial charge in [-0.1, -0.05) is 28.9 Å². The Morgan fingerprint density at radius 2 is 2.16 bits per heavy atom. The molecule has 0 spiro atoms. The van der Waals surface area contributed by atoms with Gasteiger partial charge in [0.25, 0.3) is 5.91 Å². The number of benzene rings is 1. The van der Waals surface area contributed by atoms with Crippen LogP contribution < -0.4 is 10.1 Å². The van der Waals surface area contributed by atoms with Gasteiger partial charge in [-0.25, -0.2) is 0 Å². The molecule has 1 aromatic carbocycles. The number of halogens is 1. The number of nitrogens with zero attached hydrogens (tertiary/aromatic N) is 1. The van der Waals surface area contributed by atoms with Gasteiger partial charge < -0.3 is 15.0 Å². The highest BCUT2D eigenvalue weighted by molar-refractivity contribution is 9.10. The predicted molar refractivity (Wildman–Crippen MR) is 80.4 cm³/mol. The Morgan fingerprint density at radius 3 is 2.74 bits per heavy atom. The number of hydrogen-bond donors (Lipinski definition) is 1. The Labute approximate surface area is 123 Å². The zero-order valence-electron chi connectivity index (χ0n) is 11.9. The zero-order chi connectivity index (χ0) is 14.4. The van der Waals surface area contributed by atoms with E-state index in [0.29, 0.717) is 0 Å². The molecule has 0 aliphatic rings. The summed E-state index contributed by atoms with van der Waals surface area (Å²) in [7, 11) is 3.43. The van der Waals surface area contributed by atoms with Gasteiger partial charge in [0.1, 0.15) is 5.75 Å². The van der Waals surface area contributed by atoms with Gasteiger partial charge in [-0.2, -0.15) is 0 Å². The first-order valence-corrected chi connectivity index (χ1v) is 7.10. The summed E-state index contributed by atoms with van der Waals surface area (Å²) in [6.07, 6.45) is 0. The number of nitrogens with one attached hydrogen (secondary N) is 1. The fourth-order valence-corrected chi connectivity index (χ4v) is 2.02. The Bertz CT molecular complexity index is 435. The maximum absolute atomic E-state index is 11.6. The Kier molecular flexibility index (Phi) is 6.31. The van der Waals surface area contributed by atoms with Crippen molar-refractivity contribution < 1.29 is 9.53 Å². The van der Waals surface area contributed by atoms with E-state index in [2.05, 4.69) is 35.1 Å². The number of carbonyl (C=O) groups is 1. The molecule has 5 heteroatoms. The Morgan fingerprint density at radius 1 is 1.47 bits per heavy atom. The second-order valence-electron chi connectivity index (χ2n) is 4.54. The molecular formula is C14H21BrN2O2. The fourth-order valence-electron chi connectivity index (χ4n) is 1.68. The average molecular weight is 329 g/mol. The van der Waals surface area contributed by atoms with E-state index >= 15 is 0 Å². The summed E-state index contributed by atoms with van der Waals surface area (Å²) in [6.45, 7) is 5.07. The summed E-state index contributed by atoms with van der Waals surface area (Å²) in [4.78, 5) is 13.1. The standard InChI is InChI=1S/C14H21BrN2O2/c1-5-16-10(2)12-7-6-11(15)8-13(12)19-9-14(18)17(3)4/h6-8,10,16H,5,9H2,1-4H3. The minimum atomic E-state index is -0.0537. The molecule has 1 amide bonds. The van der Waals surface area contributed by atoms with Gasteiger partial charge in [-0.15, -0.1) is 0 Å². The van der Waals surface area contributed by atoms with E-state index in [1.807, 2.05) is 18.2 Å². The maximum Gasteiger partial charge on any atom is 0.259 e. The van der Waals surface area contributed by atoms with Crippen molar-refractivity contribution in [1.82, 2.24) is 10.2 Å². The molecule has 106 valence electrons. The molecule has 4 nitrogen and oxygen atoms in total.